The van der Waals surface area contributed by atoms with Crippen molar-refractivity contribution in [3.63, 3.8) is 0 Å². The maximum atomic E-state index is 13.3. The van der Waals surface area contributed by atoms with Crippen LogP contribution in [0.5, 0.6) is 0 Å². The molecule has 1 aliphatic carbocycles. The van der Waals surface area contributed by atoms with Gasteiger partial charge in [0.05, 0.1) is 0 Å². The van der Waals surface area contributed by atoms with E-state index in [1.54, 1.807) is 10.3 Å². The van der Waals surface area contributed by atoms with Crippen molar-refractivity contribution in [2.75, 3.05) is 6.54 Å². The largest absolute Gasteiger partial charge is 0.351 e. The highest BCUT2D eigenvalue weighted by Gasteiger charge is 2.34. The van der Waals surface area contributed by atoms with Crippen LogP contribution in [-0.2, 0) is 4.79 Å². The van der Waals surface area contributed by atoms with E-state index in [9.17, 15) is 9.59 Å². The van der Waals surface area contributed by atoms with Crippen molar-refractivity contribution in [1.82, 2.24) is 19.8 Å². The molecule has 0 bridgehead atoms. The minimum atomic E-state index is -0.672. The molecule has 0 saturated heterocycles. The van der Waals surface area contributed by atoms with Gasteiger partial charge in [0.15, 0.2) is 5.69 Å². The molecule has 1 N–H and O–H groups in total. The first kappa shape index (κ1) is 20.5. The second-order valence-electron chi connectivity index (χ2n) is 7.77. The summed E-state index contributed by atoms with van der Waals surface area (Å²) in [5.74, 6) is 0.0568. The van der Waals surface area contributed by atoms with E-state index in [1.807, 2.05) is 30.3 Å². The van der Waals surface area contributed by atoms with Gasteiger partial charge in [-0.3, -0.25) is 9.59 Å². The highest BCUT2D eigenvalue weighted by molar-refractivity contribution is 7.03. The summed E-state index contributed by atoms with van der Waals surface area (Å²) in [4.78, 5) is 28.2. The second kappa shape index (κ2) is 9.78. The van der Waals surface area contributed by atoms with Crippen LogP contribution in [0.1, 0.15) is 68.0 Å². The molecule has 1 fully saturated rings. The number of nitrogens with zero attached hydrogens (tertiary/aromatic N) is 3. The molecule has 6 nitrogen and oxygen atoms in total. The first-order valence-corrected chi connectivity index (χ1v) is 10.8. The van der Waals surface area contributed by atoms with Crippen molar-refractivity contribution >= 4 is 23.3 Å². The number of rotatable bonds is 8. The van der Waals surface area contributed by atoms with E-state index in [1.165, 1.54) is 0 Å². The van der Waals surface area contributed by atoms with Crippen LogP contribution >= 0.6 is 11.5 Å². The number of aromatic nitrogens is 2. The SMILES string of the molecule is CC(C)CCN(C(=O)c1csnn1)[C@@H](C(=O)NC1CCCC1)c1ccccc1. The van der Waals surface area contributed by atoms with Gasteiger partial charge < -0.3 is 10.2 Å². The quantitative estimate of drug-likeness (QED) is 0.731. The monoisotopic (exact) mass is 400 g/mol. The molecule has 1 saturated carbocycles. The summed E-state index contributed by atoms with van der Waals surface area (Å²) in [7, 11) is 0. The fraction of sp³-hybridized carbons (Fsp3) is 0.524. The zero-order valence-electron chi connectivity index (χ0n) is 16.5. The van der Waals surface area contributed by atoms with Crippen molar-refractivity contribution in [1.29, 1.82) is 0 Å². The second-order valence-corrected chi connectivity index (χ2v) is 8.38. The van der Waals surface area contributed by atoms with E-state index >= 15 is 0 Å². The molecule has 1 aromatic heterocycles. The third kappa shape index (κ3) is 5.16. The lowest BCUT2D eigenvalue weighted by molar-refractivity contribution is -0.126. The zero-order chi connectivity index (χ0) is 19.9. The first-order chi connectivity index (χ1) is 13.6. The van der Waals surface area contributed by atoms with Crippen molar-refractivity contribution in [2.45, 2.75) is 58.0 Å². The fourth-order valence-corrected chi connectivity index (χ4v) is 4.04. The molecule has 150 valence electrons. The maximum Gasteiger partial charge on any atom is 0.276 e. The van der Waals surface area contributed by atoms with Crippen molar-refractivity contribution < 1.29 is 9.59 Å². The van der Waals surface area contributed by atoms with E-state index in [2.05, 4.69) is 28.8 Å². The smallest absolute Gasteiger partial charge is 0.276 e. The van der Waals surface area contributed by atoms with Gasteiger partial charge >= 0.3 is 0 Å². The summed E-state index contributed by atoms with van der Waals surface area (Å²) in [6, 6.07) is 9.07. The van der Waals surface area contributed by atoms with Gasteiger partial charge in [0.2, 0.25) is 5.91 Å². The molecule has 1 heterocycles. The van der Waals surface area contributed by atoms with E-state index in [4.69, 9.17) is 0 Å². The van der Waals surface area contributed by atoms with E-state index in [0.717, 1.165) is 49.2 Å². The van der Waals surface area contributed by atoms with Crippen LogP contribution in [0, 0.1) is 5.92 Å². The van der Waals surface area contributed by atoms with Crippen LogP contribution in [-0.4, -0.2) is 38.9 Å². The molecule has 1 atom stereocenters. The molecule has 0 aliphatic heterocycles. The number of hydrogen-bond donors (Lipinski definition) is 1. The highest BCUT2D eigenvalue weighted by atomic mass is 32.1. The van der Waals surface area contributed by atoms with Crippen LogP contribution < -0.4 is 5.32 Å². The molecular formula is C21H28N4O2S. The van der Waals surface area contributed by atoms with Gasteiger partial charge in [-0.1, -0.05) is 61.5 Å². The Morgan fingerprint density at radius 3 is 2.54 bits per heavy atom. The molecule has 28 heavy (non-hydrogen) atoms. The summed E-state index contributed by atoms with van der Waals surface area (Å²) in [5.41, 5.74) is 1.11. The summed E-state index contributed by atoms with van der Waals surface area (Å²) in [6.07, 6.45) is 5.10. The number of benzene rings is 1. The van der Waals surface area contributed by atoms with E-state index in [0.29, 0.717) is 18.2 Å². The molecule has 2 amide bonds. The Morgan fingerprint density at radius 2 is 1.93 bits per heavy atom. The van der Waals surface area contributed by atoms with Crippen LogP contribution in [0.15, 0.2) is 35.7 Å². The van der Waals surface area contributed by atoms with Crippen LogP contribution in [0.4, 0.5) is 0 Å². The molecule has 7 heteroatoms. The van der Waals surface area contributed by atoms with Gasteiger partial charge in [0.25, 0.3) is 5.91 Å². The molecule has 0 radical (unpaired) electrons. The van der Waals surface area contributed by atoms with Gasteiger partial charge in [-0.05, 0) is 42.3 Å². The average molecular weight is 401 g/mol. The molecule has 0 spiro atoms. The molecule has 2 aromatic rings. The van der Waals surface area contributed by atoms with Crippen molar-refractivity contribution in [3.05, 3.63) is 47.0 Å². The molecule has 1 aliphatic rings. The molecular weight excluding hydrogens is 372 g/mol. The van der Waals surface area contributed by atoms with Crippen LogP contribution in [0.2, 0.25) is 0 Å². The standard InChI is InChI=1S/C21H28N4O2S/c1-15(2)12-13-25(21(27)18-14-28-24-23-18)19(16-8-4-3-5-9-16)20(26)22-17-10-6-7-11-17/h3-5,8-9,14-15,17,19H,6-7,10-13H2,1-2H3,(H,22,26)/t19-/m1/s1. The number of carbonyl (C=O) groups excluding carboxylic acids is 2. The fourth-order valence-electron chi connectivity index (χ4n) is 3.61. The Kier molecular flexibility index (Phi) is 7.14. The number of carbonyl (C=O) groups is 2. The minimum Gasteiger partial charge on any atom is -0.351 e. The number of nitrogens with one attached hydrogen (secondary N) is 1. The summed E-state index contributed by atoms with van der Waals surface area (Å²) >= 11 is 1.14. The Hall–Kier alpha value is -2.28. The zero-order valence-corrected chi connectivity index (χ0v) is 17.3. The third-order valence-corrected chi connectivity index (χ3v) is 5.67. The van der Waals surface area contributed by atoms with E-state index < -0.39 is 6.04 Å². The van der Waals surface area contributed by atoms with Crippen LogP contribution in [0.25, 0.3) is 0 Å². The van der Waals surface area contributed by atoms with Gasteiger partial charge in [-0.15, -0.1) is 5.10 Å². The Bertz CT molecular complexity index is 758. The van der Waals surface area contributed by atoms with Crippen molar-refractivity contribution in [2.24, 2.45) is 5.92 Å². The number of amides is 2. The predicted molar refractivity (Wildman–Crippen MR) is 110 cm³/mol. The summed E-state index contributed by atoms with van der Waals surface area (Å²) < 4.78 is 3.82. The third-order valence-electron chi connectivity index (χ3n) is 5.16. The topological polar surface area (TPSA) is 75.2 Å². The molecule has 1 aromatic carbocycles. The Labute approximate surface area is 170 Å². The normalized spacial score (nSPS) is 15.5. The van der Waals surface area contributed by atoms with Crippen molar-refractivity contribution in [3.8, 4) is 0 Å². The lowest BCUT2D eigenvalue weighted by atomic mass is 10.0. The summed E-state index contributed by atoms with van der Waals surface area (Å²) in [6.45, 7) is 4.72. The lowest BCUT2D eigenvalue weighted by Crippen LogP contribution is -2.46. The molecule has 3 rings (SSSR count). The number of hydrogen-bond acceptors (Lipinski definition) is 5. The van der Waals surface area contributed by atoms with Gasteiger partial charge in [0.1, 0.15) is 6.04 Å². The Morgan fingerprint density at radius 1 is 1.21 bits per heavy atom. The average Bonchev–Trinajstić information content (AvgIpc) is 3.39. The molecule has 0 unspecified atom stereocenters. The van der Waals surface area contributed by atoms with Gasteiger partial charge in [0, 0.05) is 18.0 Å². The van der Waals surface area contributed by atoms with E-state index in [-0.39, 0.29) is 17.9 Å². The predicted octanol–water partition coefficient (Wildman–Crippen LogP) is 3.83. The van der Waals surface area contributed by atoms with Crippen LogP contribution in [0.3, 0.4) is 0 Å². The minimum absolute atomic E-state index is 0.113. The summed E-state index contributed by atoms with van der Waals surface area (Å²) in [5, 5.41) is 8.77. The first-order valence-electron chi connectivity index (χ1n) is 9.99. The highest BCUT2D eigenvalue weighted by Crippen LogP contribution is 2.26. The van der Waals surface area contributed by atoms with Gasteiger partial charge in [-0.2, -0.15) is 0 Å². The maximum absolute atomic E-state index is 13.3. The Balaban J connectivity index is 1.92. The van der Waals surface area contributed by atoms with Gasteiger partial charge in [-0.25, -0.2) is 0 Å². The lowest BCUT2D eigenvalue weighted by Gasteiger charge is -2.32.